The van der Waals surface area contributed by atoms with Crippen molar-refractivity contribution in [2.24, 2.45) is 5.10 Å². The second-order valence-electron chi connectivity index (χ2n) is 7.10. The molecule has 4 rings (SSSR count). The second kappa shape index (κ2) is 7.92. The lowest BCUT2D eigenvalue weighted by Gasteiger charge is -2.25. The zero-order chi connectivity index (χ0) is 21.3. The molecule has 0 bridgehead atoms. The molecule has 3 aromatic carbocycles. The van der Waals surface area contributed by atoms with Crippen LogP contribution in [0.3, 0.4) is 0 Å². The van der Waals surface area contributed by atoms with E-state index in [4.69, 9.17) is 0 Å². The van der Waals surface area contributed by atoms with Crippen LogP contribution in [-0.2, 0) is 10.0 Å². The van der Waals surface area contributed by atoms with Gasteiger partial charge in [-0.3, -0.25) is 14.4 Å². The van der Waals surface area contributed by atoms with Crippen molar-refractivity contribution < 1.29 is 13.2 Å². The third kappa shape index (κ3) is 3.57. The van der Waals surface area contributed by atoms with Crippen LogP contribution in [0.1, 0.15) is 29.6 Å². The first-order valence-electron chi connectivity index (χ1n) is 9.56. The monoisotopic (exact) mass is 425 g/mol. The number of sulfonamides is 1. The minimum absolute atomic E-state index is 0.0186. The van der Waals surface area contributed by atoms with Gasteiger partial charge in [0.15, 0.2) is 5.36 Å². The standard InChI is InChI=1S/C21H19N3O5S/c25-19-16-9-2-3-10-17(16)20(26)18(19)22-23-21(27)14-7-6-8-15(13-14)30(28,29)24-11-4-1-5-12-24/h2-3,6-10,13H,1,4-5,11-12H2,(H,23,27). The minimum Gasteiger partial charge on any atom is -0.287 e. The fourth-order valence-electron chi connectivity index (χ4n) is 3.56. The summed E-state index contributed by atoms with van der Waals surface area (Å²) >= 11 is 0. The molecule has 1 amide bonds. The van der Waals surface area contributed by atoms with E-state index in [1.54, 1.807) is 12.1 Å². The van der Waals surface area contributed by atoms with Crippen molar-refractivity contribution in [1.29, 1.82) is 0 Å². The van der Waals surface area contributed by atoms with E-state index in [0.29, 0.717) is 13.1 Å². The summed E-state index contributed by atoms with van der Waals surface area (Å²) in [7, 11) is -3.69. The number of benzene rings is 2. The Morgan fingerprint density at radius 3 is 2.17 bits per heavy atom. The molecule has 1 N–H and O–H groups in total. The van der Waals surface area contributed by atoms with E-state index in [1.165, 1.54) is 40.7 Å². The maximum atomic E-state index is 12.8. The Hall–Kier alpha value is -3.17. The molecule has 0 radical (unpaired) electrons. The predicted molar refractivity (Wildman–Crippen MR) is 111 cm³/mol. The Labute approximate surface area is 172 Å². The van der Waals surface area contributed by atoms with Crippen molar-refractivity contribution in [3.05, 3.63) is 79.9 Å². The molecule has 0 aromatic heterocycles. The van der Waals surface area contributed by atoms with Gasteiger partial charge >= 0.3 is 0 Å². The van der Waals surface area contributed by atoms with Crippen molar-refractivity contribution in [2.45, 2.75) is 24.2 Å². The minimum atomic E-state index is -3.69. The lowest BCUT2D eigenvalue weighted by atomic mass is 10.2. The van der Waals surface area contributed by atoms with Gasteiger partial charge in [-0.2, -0.15) is 9.41 Å². The number of carbonyl (C=O) groups is 1. The second-order valence-corrected chi connectivity index (χ2v) is 9.04. The summed E-state index contributed by atoms with van der Waals surface area (Å²) in [4.78, 5) is 37.2. The molecule has 1 saturated heterocycles. The Balaban J connectivity index is 1.63. The van der Waals surface area contributed by atoms with E-state index >= 15 is 0 Å². The van der Waals surface area contributed by atoms with Crippen molar-refractivity contribution in [3.8, 4) is 0 Å². The van der Waals surface area contributed by atoms with Gasteiger partial charge in [0.2, 0.25) is 20.9 Å². The Morgan fingerprint density at radius 2 is 1.53 bits per heavy atom. The van der Waals surface area contributed by atoms with Crippen molar-refractivity contribution >= 4 is 26.7 Å². The van der Waals surface area contributed by atoms with Crippen molar-refractivity contribution in [2.75, 3.05) is 13.1 Å². The van der Waals surface area contributed by atoms with Gasteiger partial charge in [-0.15, -0.1) is 0 Å². The highest BCUT2D eigenvalue weighted by atomic mass is 32.2. The van der Waals surface area contributed by atoms with Gasteiger partial charge in [0, 0.05) is 29.4 Å². The van der Waals surface area contributed by atoms with Crippen molar-refractivity contribution in [3.63, 3.8) is 0 Å². The van der Waals surface area contributed by atoms with Gasteiger partial charge in [0.05, 0.1) is 4.90 Å². The first-order chi connectivity index (χ1) is 14.4. The third-order valence-electron chi connectivity index (χ3n) is 5.16. The average Bonchev–Trinajstić information content (AvgIpc) is 3.03. The summed E-state index contributed by atoms with van der Waals surface area (Å²) in [6, 6.07) is 11.9. The first kappa shape index (κ1) is 20.1. The molecule has 1 heterocycles. The van der Waals surface area contributed by atoms with E-state index in [1.807, 2.05) is 0 Å². The summed E-state index contributed by atoms with van der Waals surface area (Å²) in [6.07, 6.45) is 2.61. The van der Waals surface area contributed by atoms with Crippen LogP contribution in [0.25, 0.3) is 10.8 Å². The van der Waals surface area contributed by atoms with Crippen LogP contribution in [0.4, 0.5) is 0 Å². The number of carbonyl (C=O) groups excluding carboxylic acids is 1. The molecule has 3 aromatic rings. The highest BCUT2D eigenvalue weighted by Gasteiger charge is 2.26. The number of hydrogen-bond acceptors (Lipinski definition) is 6. The van der Waals surface area contributed by atoms with Crippen LogP contribution in [0.2, 0.25) is 0 Å². The molecule has 1 fully saturated rings. The number of hydrogen-bond donors (Lipinski definition) is 1. The molecule has 1 aliphatic rings. The van der Waals surface area contributed by atoms with E-state index in [-0.39, 0.29) is 26.6 Å². The lowest BCUT2D eigenvalue weighted by Crippen LogP contribution is -2.36. The number of fused-ring (bicyclic) bond motifs is 1. The molecule has 0 atom stereocenters. The maximum absolute atomic E-state index is 12.8. The molecular weight excluding hydrogens is 406 g/mol. The smallest absolute Gasteiger partial charge is 0.271 e. The van der Waals surface area contributed by atoms with Gasteiger partial charge < -0.3 is 0 Å². The highest BCUT2D eigenvalue weighted by molar-refractivity contribution is 7.89. The zero-order valence-electron chi connectivity index (χ0n) is 16.0. The van der Waals surface area contributed by atoms with Crippen LogP contribution in [0.15, 0.2) is 68.1 Å². The van der Waals surface area contributed by atoms with Crippen LogP contribution < -0.4 is 21.6 Å². The molecule has 1 aliphatic heterocycles. The molecule has 0 unspecified atom stereocenters. The van der Waals surface area contributed by atoms with Crippen LogP contribution in [-0.4, -0.2) is 31.7 Å². The molecule has 30 heavy (non-hydrogen) atoms. The molecule has 154 valence electrons. The number of nitrogens with zero attached hydrogens (tertiary/aromatic N) is 2. The number of amides is 1. The van der Waals surface area contributed by atoms with Crippen LogP contribution >= 0.6 is 0 Å². The number of nitrogens with one attached hydrogen (secondary N) is 1. The van der Waals surface area contributed by atoms with E-state index in [2.05, 4.69) is 10.5 Å². The van der Waals surface area contributed by atoms with Crippen LogP contribution in [0.5, 0.6) is 0 Å². The molecule has 0 aliphatic carbocycles. The summed E-state index contributed by atoms with van der Waals surface area (Å²) in [5, 5.41) is 3.82. The molecule has 9 heteroatoms. The van der Waals surface area contributed by atoms with E-state index in [9.17, 15) is 22.8 Å². The summed E-state index contributed by atoms with van der Waals surface area (Å²) in [5.41, 5.74) is 1.14. The number of piperidine rings is 1. The fourth-order valence-corrected chi connectivity index (χ4v) is 5.13. The average molecular weight is 425 g/mol. The van der Waals surface area contributed by atoms with E-state index in [0.717, 1.165) is 19.3 Å². The summed E-state index contributed by atoms with van der Waals surface area (Å²) in [5.74, 6) is -0.713. The lowest BCUT2D eigenvalue weighted by molar-refractivity contribution is 0.0953. The van der Waals surface area contributed by atoms with Crippen molar-refractivity contribution in [1.82, 2.24) is 9.73 Å². The largest absolute Gasteiger partial charge is 0.287 e. The molecule has 0 spiro atoms. The van der Waals surface area contributed by atoms with E-state index < -0.39 is 26.8 Å². The third-order valence-corrected chi connectivity index (χ3v) is 7.06. The number of rotatable bonds is 4. The fraction of sp³-hybridized carbons (Fsp3) is 0.238. The molecule has 8 nitrogen and oxygen atoms in total. The van der Waals surface area contributed by atoms with Gasteiger partial charge in [0.1, 0.15) is 0 Å². The van der Waals surface area contributed by atoms with Crippen LogP contribution in [0, 0.1) is 0 Å². The molecular formula is C21H19N3O5S. The maximum Gasteiger partial charge on any atom is 0.271 e. The Kier molecular flexibility index (Phi) is 5.31. The van der Waals surface area contributed by atoms with Gasteiger partial charge in [-0.1, -0.05) is 36.8 Å². The summed E-state index contributed by atoms with van der Waals surface area (Å²) in [6.45, 7) is 0.911. The Morgan fingerprint density at radius 1 is 0.900 bits per heavy atom. The SMILES string of the molecule is O=C(NN=c1c(=O)c2ccccc2c1=O)c1cccc(S(=O)(=O)N2CCCCC2)c1. The van der Waals surface area contributed by atoms with Gasteiger partial charge in [0.25, 0.3) is 5.91 Å². The predicted octanol–water partition coefficient (Wildman–Crippen LogP) is 0.856. The normalized spacial score (nSPS) is 15.2. The van der Waals surface area contributed by atoms with Gasteiger partial charge in [-0.05, 0) is 31.0 Å². The highest BCUT2D eigenvalue weighted by Crippen LogP contribution is 2.21. The zero-order valence-corrected chi connectivity index (χ0v) is 16.8. The first-order valence-corrected chi connectivity index (χ1v) is 11.0. The Bertz CT molecular complexity index is 1330. The van der Waals surface area contributed by atoms with Gasteiger partial charge in [-0.25, -0.2) is 13.8 Å². The molecule has 0 saturated carbocycles. The summed E-state index contributed by atoms with van der Waals surface area (Å²) < 4.78 is 27.1. The topological polar surface area (TPSA) is 113 Å². The quantitative estimate of drug-likeness (QED) is 0.623.